The highest BCUT2D eigenvalue weighted by molar-refractivity contribution is 5.33. The third kappa shape index (κ3) is 3.46. The van der Waals surface area contributed by atoms with Crippen molar-refractivity contribution in [2.75, 3.05) is 26.2 Å². The van der Waals surface area contributed by atoms with Gasteiger partial charge >= 0.3 is 0 Å². The highest BCUT2D eigenvalue weighted by atomic mass is 19.1. The molecule has 112 valence electrons. The van der Waals surface area contributed by atoms with Crippen LogP contribution in [0.5, 0.6) is 0 Å². The molecule has 0 aliphatic carbocycles. The summed E-state index contributed by atoms with van der Waals surface area (Å²) in [6.07, 6.45) is 2.83. The smallest absolute Gasteiger partial charge is 0.151 e. The minimum absolute atomic E-state index is 0.264. The average molecular weight is 292 g/mol. The predicted molar refractivity (Wildman–Crippen MR) is 76.2 cm³/mol. The van der Waals surface area contributed by atoms with E-state index in [1.807, 2.05) is 6.07 Å². The molecule has 0 saturated carbocycles. The molecule has 2 heterocycles. The second kappa shape index (κ2) is 6.32. The highest BCUT2D eigenvalue weighted by Gasteiger charge is 2.12. The van der Waals surface area contributed by atoms with Crippen molar-refractivity contribution in [1.82, 2.24) is 20.0 Å². The van der Waals surface area contributed by atoms with Gasteiger partial charge in [-0.1, -0.05) is 0 Å². The maximum absolute atomic E-state index is 13.7. The van der Waals surface area contributed by atoms with Gasteiger partial charge in [-0.3, -0.25) is 4.90 Å². The van der Waals surface area contributed by atoms with Crippen LogP contribution in [0.15, 0.2) is 30.5 Å². The molecule has 1 N–H and O–H groups in total. The predicted octanol–water partition coefficient (Wildman–Crippen LogP) is 1.95. The quantitative estimate of drug-likeness (QED) is 0.938. The lowest BCUT2D eigenvalue weighted by Gasteiger charge is -2.17. The summed E-state index contributed by atoms with van der Waals surface area (Å²) >= 11 is 0. The Morgan fingerprint density at radius 1 is 1.14 bits per heavy atom. The van der Waals surface area contributed by atoms with E-state index in [9.17, 15) is 8.78 Å². The van der Waals surface area contributed by atoms with Gasteiger partial charge in [-0.25, -0.2) is 13.5 Å². The summed E-state index contributed by atoms with van der Waals surface area (Å²) < 4.78 is 28.1. The molecule has 1 aromatic carbocycles. The first-order chi connectivity index (χ1) is 10.2. The Hall–Kier alpha value is -1.79. The molecule has 1 saturated heterocycles. The molecule has 0 spiro atoms. The summed E-state index contributed by atoms with van der Waals surface area (Å²) in [6, 6.07) is 5.38. The molecule has 2 aromatic rings. The standard InChI is InChI=1S/C15H18F2N4/c16-12-2-3-15(14(17)10-12)21-8-4-13(19-21)11-20-7-1-5-18-6-9-20/h2-4,8,10,18H,1,5-7,9,11H2. The lowest BCUT2D eigenvalue weighted by Crippen LogP contribution is -2.27. The Balaban J connectivity index is 1.73. The summed E-state index contributed by atoms with van der Waals surface area (Å²) in [5.74, 6) is -1.19. The van der Waals surface area contributed by atoms with Crippen LogP contribution in [-0.4, -0.2) is 40.9 Å². The van der Waals surface area contributed by atoms with Crippen molar-refractivity contribution >= 4 is 0 Å². The molecular formula is C15H18F2N4. The van der Waals surface area contributed by atoms with Gasteiger partial charge < -0.3 is 5.32 Å². The second-order valence-corrected chi connectivity index (χ2v) is 5.23. The molecule has 1 aliphatic rings. The number of nitrogens with zero attached hydrogens (tertiary/aromatic N) is 3. The lowest BCUT2D eigenvalue weighted by atomic mass is 10.3. The van der Waals surface area contributed by atoms with Crippen LogP contribution in [0.4, 0.5) is 8.78 Å². The van der Waals surface area contributed by atoms with E-state index < -0.39 is 11.6 Å². The summed E-state index contributed by atoms with van der Waals surface area (Å²) in [5, 5.41) is 7.74. The average Bonchev–Trinajstić information content (AvgIpc) is 2.75. The number of hydrogen-bond donors (Lipinski definition) is 1. The maximum Gasteiger partial charge on any atom is 0.151 e. The van der Waals surface area contributed by atoms with Crippen molar-refractivity contribution < 1.29 is 8.78 Å². The summed E-state index contributed by atoms with van der Waals surface area (Å²) in [4.78, 5) is 2.33. The molecule has 3 rings (SSSR count). The van der Waals surface area contributed by atoms with Crippen molar-refractivity contribution in [3.8, 4) is 5.69 Å². The molecule has 0 bridgehead atoms. The molecule has 0 atom stereocenters. The van der Waals surface area contributed by atoms with Gasteiger partial charge in [-0.2, -0.15) is 5.10 Å². The first-order valence-corrected chi connectivity index (χ1v) is 7.15. The SMILES string of the molecule is Fc1ccc(-n2ccc(CN3CCCNCC3)n2)c(F)c1. The van der Waals surface area contributed by atoms with Crippen LogP contribution < -0.4 is 5.32 Å². The monoisotopic (exact) mass is 292 g/mol. The van der Waals surface area contributed by atoms with Crippen molar-refractivity contribution in [3.63, 3.8) is 0 Å². The molecule has 6 heteroatoms. The van der Waals surface area contributed by atoms with Gasteiger partial charge in [-0.15, -0.1) is 0 Å². The minimum Gasteiger partial charge on any atom is -0.315 e. The van der Waals surface area contributed by atoms with Gasteiger partial charge in [0.1, 0.15) is 11.5 Å². The second-order valence-electron chi connectivity index (χ2n) is 5.23. The summed E-state index contributed by atoms with van der Waals surface area (Å²) in [7, 11) is 0. The van der Waals surface area contributed by atoms with Crippen LogP contribution in [-0.2, 0) is 6.54 Å². The molecule has 21 heavy (non-hydrogen) atoms. The Kier molecular flexibility index (Phi) is 4.26. The van der Waals surface area contributed by atoms with E-state index in [-0.39, 0.29) is 5.69 Å². The van der Waals surface area contributed by atoms with E-state index in [2.05, 4.69) is 15.3 Å². The number of nitrogens with one attached hydrogen (secondary N) is 1. The van der Waals surface area contributed by atoms with Gasteiger partial charge in [0, 0.05) is 31.9 Å². The first kappa shape index (κ1) is 14.2. The highest BCUT2D eigenvalue weighted by Crippen LogP contribution is 2.15. The topological polar surface area (TPSA) is 33.1 Å². The van der Waals surface area contributed by atoms with Crippen LogP contribution in [0.3, 0.4) is 0 Å². The molecule has 0 amide bonds. The van der Waals surface area contributed by atoms with Crippen molar-refractivity contribution in [1.29, 1.82) is 0 Å². The fourth-order valence-corrected chi connectivity index (χ4v) is 2.54. The Morgan fingerprint density at radius 3 is 2.90 bits per heavy atom. The fraction of sp³-hybridized carbons (Fsp3) is 0.400. The van der Waals surface area contributed by atoms with Crippen LogP contribution in [0.25, 0.3) is 5.69 Å². The number of halogens is 2. The number of rotatable bonds is 3. The van der Waals surface area contributed by atoms with E-state index >= 15 is 0 Å². The number of aromatic nitrogens is 2. The van der Waals surface area contributed by atoms with Gasteiger partial charge in [0.2, 0.25) is 0 Å². The molecule has 0 unspecified atom stereocenters. The Morgan fingerprint density at radius 2 is 2.05 bits per heavy atom. The Labute approximate surface area is 122 Å². The van der Waals surface area contributed by atoms with E-state index in [0.717, 1.165) is 50.9 Å². The zero-order valence-corrected chi connectivity index (χ0v) is 11.7. The third-order valence-corrected chi connectivity index (χ3v) is 3.62. The first-order valence-electron chi connectivity index (χ1n) is 7.15. The minimum atomic E-state index is -0.608. The normalized spacial score (nSPS) is 16.9. The number of benzene rings is 1. The van der Waals surface area contributed by atoms with E-state index in [1.165, 1.54) is 16.8 Å². The van der Waals surface area contributed by atoms with Crippen molar-refractivity contribution in [2.45, 2.75) is 13.0 Å². The van der Waals surface area contributed by atoms with Gasteiger partial charge in [0.25, 0.3) is 0 Å². The van der Waals surface area contributed by atoms with Crippen molar-refractivity contribution in [2.24, 2.45) is 0 Å². The largest absolute Gasteiger partial charge is 0.315 e. The van der Waals surface area contributed by atoms with Crippen LogP contribution >= 0.6 is 0 Å². The molecular weight excluding hydrogens is 274 g/mol. The van der Waals surface area contributed by atoms with E-state index in [0.29, 0.717) is 0 Å². The molecule has 4 nitrogen and oxygen atoms in total. The van der Waals surface area contributed by atoms with E-state index in [4.69, 9.17) is 0 Å². The molecule has 0 radical (unpaired) electrons. The van der Waals surface area contributed by atoms with Crippen LogP contribution in [0, 0.1) is 11.6 Å². The number of hydrogen-bond acceptors (Lipinski definition) is 3. The summed E-state index contributed by atoms with van der Waals surface area (Å²) in [5.41, 5.74) is 1.15. The zero-order valence-electron chi connectivity index (χ0n) is 11.7. The maximum atomic E-state index is 13.7. The molecule has 1 fully saturated rings. The Bertz CT molecular complexity index is 603. The fourth-order valence-electron chi connectivity index (χ4n) is 2.54. The third-order valence-electron chi connectivity index (χ3n) is 3.62. The van der Waals surface area contributed by atoms with Gasteiger partial charge in [-0.05, 0) is 37.7 Å². The lowest BCUT2D eigenvalue weighted by molar-refractivity contribution is 0.280. The van der Waals surface area contributed by atoms with Crippen LogP contribution in [0.2, 0.25) is 0 Å². The van der Waals surface area contributed by atoms with Crippen LogP contribution in [0.1, 0.15) is 12.1 Å². The zero-order chi connectivity index (χ0) is 14.7. The molecule has 1 aliphatic heterocycles. The van der Waals surface area contributed by atoms with Gasteiger partial charge in [0.15, 0.2) is 5.82 Å². The van der Waals surface area contributed by atoms with Gasteiger partial charge in [0.05, 0.1) is 5.69 Å². The van der Waals surface area contributed by atoms with E-state index in [1.54, 1.807) is 6.20 Å². The molecule has 1 aromatic heterocycles. The summed E-state index contributed by atoms with van der Waals surface area (Å²) in [6.45, 7) is 4.79. The van der Waals surface area contributed by atoms with Crippen molar-refractivity contribution in [3.05, 3.63) is 47.8 Å².